The predicted octanol–water partition coefficient (Wildman–Crippen LogP) is 1.87. The molecule has 88 valence electrons. The first-order valence-corrected chi connectivity index (χ1v) is 6.65. The van der Waals surface area contributed by atoms with Crippen LogP contribution in [-0.4, -0.2) is 23.9 Å². The van der Waals surface area contributed by atoms with E-state index in [0.29, 0.717) is 12.2 Å². The van der Waals surface area contributed by atoms with Crippen LogP contribution in [0.4, 0.5) is 0 Å². The van der Waals surface area contributed by atoms with Crippen LogP contribution in [0.25, 0.3) is 0 Å². The smallest absolute Gasteiger partial charge is 0.144 e. The molecular weight excluding hydrogens is 220 g/mol. The van der Waals surface area contributed by atoms with Crippen LogP contribution in [0.5, 0.6) is 0 Å². The molecule has 1 N–H and O–H groups in total. The fourth-order valence-electron chi connectivity index (χ4n) is 2.03. The maximum atomic E-state index is 12.0. The fraction of sp³-hybridized carbons (Fsp3) is 0.667. The Hall–Kier alpha value is -0.740. The average Bonchev–Trinajstić information content (AvgIpc) is 2.59. The van der Waals surface area contributed by atoms with Crippen LogP contribution in [0.15, 0.2) is 0 Å². The van der Waals surface area contributed by atoms with Gasteiger partial charge in [0.2, 0.25) is 0 Å². The van der Waals surface area contributed by atoms with Crippen LogP contribution in [0.3, 0.4) is 0 Å². The van der Waals surface area contributed by atoms with Gasteiger partial charge in [-0.1, -0.05) is 0 Å². The summed E-state index contributed by atoms with van der Waals surface area (Å²) >= 11 is 1.65. The standard InChI is InChI=1S/C12H18N2OS/c1-8-9(2)16-12(14-8)6-11(15)10-4-3-5-13-7-10/h10,13H,3-7H2,1-2H3. The minimum atomic E-state index is 0.207. The second-order valence-corrected chi connectivity index (χ2v) is 5.72. The summed E-state index contributed by atoms with van der Waals surface area (Å²) in [5.74, 6) is 0.555. The number of hydrogen-bond donors (Lipinski definition) is 1. The zero-order valence-corrected chi connectivity index (χ0v) is 10.7. The zero-order chi connectivity index (χ0) is 11.5. The highest BCUT2D eigenvalue weighted by Gasteiger charge is 2.21. The molecule has 1 aliphatic heterocycles. The predicted molar refractivity (Wildman–Crippen MR) is 65.9 cm³/mol. The van der Waals surface area contributed by atoms with E-state index in [1.54, 1.807) is 11.3 Å². The second-order valence-electron chi connectivity index (χ2n) is 4.44. The quantitative estimate of drug-likeness (QED) is 0.874. The van der Waals surface area contributed by atoms with Gasteiger partial charge in [0.05, 0.1) is 12.1 Å². The van der Waals surface area contributed by atoms with Crippen molar-refractivity contribution in [2.24, 2.45) is 5.92 Å². The molecular formula is C12H18N2OS. The highest BCUT2D eigenvalue weighted by Crippen LogP contribution is 2.20. The van der Waals surface area contributed by atoms with Gasteiger partial charge in [-0.2, -0.15) is 0 Å². The SMILES string of the molecule is Cc1nc(CC(=O)C2CCCNC2)sc1C. The van der Waals surface area contributed by atoms with Crippen molar-refractivity contribution in [3.63, 3.8) is 0 Å². The molecule has 1 saturated heterocycles. The molecule has 0 amide bonds. The number of rotatable bonds is 3. The molecule has 0 saturated carbocycles. The number of piperidine rings is 1. The number of nitrogens with one attached hydrogen (secondary N) is 1. The van der Waals surface area contributed by atoms with Crippen molar-refractivity contribution in [3.05, 3.63) is 15.6 Å². The van der Waals surface area contributed by atoms with Crippen LogP contribution in [0.1, 0.15) is 28.4 Å². The maximum Gasteiger partial charge on any atom is 0.144 e. The molecule has 0 aliphatic carbocycles. The summed E-state index contributed by atoms with van der Waals surface area (Å²) in [5.41, 5.74) is 1.06. The van der Waals surface area contributed by atoms with E-state index in [4.69, 9.17) is 0 Å². The Morgan fingerprint density at radius 1 is 1.56 bits per heavy atom. The maximum absolute atomic E-state index is 12.0. The Kier molecular flexibility index (Phi) is 3.71. The van der Waals surface area contributed by atoms with Crippen molar-refractivity contribution in [2.75, 3.05) is 13.1 Å². The summed E-state index contributed by atoms with van der Waals surface area (Å²) < 4.78 is 0. The largest absolute Gasteiger partial charge is 0.316 e. The molecule has 16 heavy (non-hydrogen) atoms. The van der Waals surface area contributed by atoms with Crippen LogP contribution in [0.2, 0.25) is 0 Å². The third-order valence-electron chi connectivity index (χ3n) is 3.15. The normalized spacial score (nSPS) is 21.0. The molecule has 1 aromatic heterocycles. The Morgan fingerprint density at radius 3 is 2.94 bits per heavy atom. The van der Waals surface area contributed by atoms with Gasteiger partial charge < -0.3 is 5.32 Å². The first-order chi connectivity index (χ1) is 7.66. The number of hydrogen-bond acceptors (Lipinski definition) is 4. The highest BCUT2D eigenvalue weighted by molar-refractivity contribution is 7.11. The van der Waals surface area contributed by atoms with Crippen molar-refractivity contribution in [1.82, 2.24) is 10.3 Å². The van der Waals surface area contributed by atoms with Crippen molar-refractivity contribution in [3.8, 4) is 0 Å². The molecule has 1 aliphatic rings. The number of thiazole rings is 1. The van der Waals surface area contributed by atoms with E-state index in [0.717, 1.165) is 36.6 Å². The first-order valence-electron chi connectivity index (χ1n) is 5.83. The molecule has 3 nitrogen and oxygen atoms in total. The summed E-state index contributed by atoms with van der Waals surface area (Å²) in [5, 5.41) is 4.26. The van der Waals surface area contributed by atoms with E-state index < -0.39 is 0 Å². The molecule has 1 atom stereocenters. The molecule has 2 heterocycles. The molecule has 1 aromatic rings. The lowest BCUT2D eigenvalue weighted by molar-refractivity contribution is -0.122. The monoisotopic (exact) mass is 238 g/mol. The lowest BCUT2D eigenvalue weighted by atomic mass is 9.93. The molecule has 4 heteroatoms. The van der Waals surface area contributed by atoms with Crippen LogP contribution >= 0.6 is 11.3 Å². The van der Waals surface area contributed by atoms with Crippen LogP contribution in [0, 0.1) is 19.8 Å². The van der Waals surface area contributed by atoms with Crippen molar-refractivity contribution >= 4 is 17.1 Å². The summed E-state index contributed by atoms with van der Waals surface area (Å²) in [6.45, 7) is 5.96. The van der Waals surface area contributed by atoms with Gasteiger partial charge in [0.1, 0.15) is 10.8 Å². The Labute approximate surface area is 100 Å². The van der Waals surface area contributed by atoms with Crippen molar-refractivity contribution in [2.45, 2.75) is 33.1 Å². The van der Waals surface area contributed by atoms with Gasteiger partial charge in [0, 0.05) is 17.3 Å². The van der Waals surface area contributed by atoms with Crippen molar-refractivity contribution < 1.29 is 4.79 Å². The number of carbonyl (C=O) groups is 1. The number of nitrogens with zero attached hydrogens (tertiary/aromatic N) is 1. The first kappa shape index (κ1) is 11.7. The molecule has 0 bridgehead atoms. The van der Waals surface area contributed by atoms with E-state index in [1.807, 2.05) is 6.92 Å². The lowest BCUT2D eigenvalue weighted by Crippen LogP contribution is -2.35. The van der Waals surface area contributed by atoms with E-state index in [2.05, 4.69) is 17.2 Å². The van der Waals surface area contributed by atoms with Gasteiger partial charge in [-0.15, -0.1) is 11.3 Å². The van der Waals surface area contributed by atoms with E-state index in [1.165, 1.54) is 4.88 Å². The van der Waals surface area contributed by atoms with Gasteiger partial charge >= 0.3 is 0 Å². The van der Waals surface area contributed by atoms with E-state index in [9.17, 15) is 4.79 Å². The summed E-state index contributed by atoms with van der Waals surface area (Å²) in [7, 11) is 0. The van der Waals surface area contributed by atoms with Crippen LogP contribution in [-0.2, 0) is 11.2 Å². The van der Waals surface area contributed by atoms with Gasteiger partial charge in [0.25, 0.3) is 0 Å². The van der Waals surface area contributed by atoms with Gasteiger partial charge in [0.15, 0.2) is 0 Å². The Balaban J connectivity index is 1.95. The van der Waals surface area contributed by atoms with Crippen LogP contribution < -0.4 is 5.32 Å². The van der Waals surface area contributed by atoms with Gasteiger partial charge in [-0.25, -0.2) is 4.98 Å². The number of aryl methyl sites for hydroxylation is 2. The van der Waals surface area contributed by atoms with E-state index in [-0.39, 0.29) is 5.92 Å². The van der Waals surface area contributed by atoms with Crippen molar-refractivity contribution in [1.29, 1.82) is 0 Å². The highest BCUT2D eigenvalue weighted by atomic mass is 32.1. The summed E-state index contributed by atoms with van der Waals surface area (Å²) in [4.78, 5) is 17.7. The Morgan fingerprint density at radius 2 is 2.38 bits per heavy atom. The van der Waals surface area contributed by atoms with Gasteiger partial charge in [-0.3, -0.25) is 4.79 Å². The third-order valence-corrected chi connectivity index (χ3v) is 4.22. The second kappa shape index (κ2) is 5.06. The number of ketones is 1. The van der Waals surface area contributed by atoms with Gasteiger partial charge in [-0.05, 0) is 33.2 Å². The molecule has 0 spiro atoms. The number of aromatic nitrogens is 1. The number of Topliss-reactive ketones (excluding diaryl/α,β-unsaturated/α-hetero) is 1. The topological polar surface area (TPSA) is 42.0 Å². The summed E-state index contributed by atoms with van der Waals surface area (Å²) in [6, 6.07) is 0. The zero-order valence-electron chi connectivity index (χ0n) is 9.88. The molecule has 1 fully saturated rings. The lowest BCUT2D eigenvalue weighted by Gasteiger charge is -2.20. The minimum absolute atomic E-state index is 0.207. The van der Waals surface area contributed by atoms with E-state index >= 15 is 0 Å². The third kappa shape index (κ3) is 2.68. The molecule has 1 unspecified atom stereocenters. The fourth-order valence-corrected chi connectivity index (χ4v) is 2.98. The molecule has 2 rings (SSSR count). The average molecular weight is 238 g/mol. The Bertz CT molecular complexity index is 361. The molecule has 0 radical (unpaired) electrons. The number of carbonyl (C=O) groups excluding carboxylic acids is 1. The molecule has 0 aromatic carbocycles. The summed E-state index contributed by atoms with van der Waals surface area (Å²) in [6.07, 6.45) is 2.67. The minimum Gasteiger partial charge on any atom is -0.316 e.